The zero-order chi connectivity index (χ0) is 21.9. The fraction of sp³-hybridized carbons (Fsp3) is 0.409. The molecule has 0 aromatic heterocycles. The number of hydrogen-bond donors (Lipinski definition) is 0. The highest BCUT2D eigenvalue weighted by molar-refractivity contribution is 7.91. The van der Waals surface area contributed by atoms with Gasteiger partial charge in [-0.3, -0.25) is 4.79 Å². The van der Waals surface area contributed by atoms with E-state index in [0.717, 1.165) is 11.1 Å². The molecule has 3 rings (SSSR count). The number of rotatable bonds is 7. The Morgan fingerprint density at radius 2 is 1.73 bits per heavy atom. The second kappa shape index (κ2) is 8.95. The van der Waals surface area contributed by atoms with Crippen LogP contribution < -0.4 is 14.2 Å². The van der Waals surface area contributed by atoms with Gasteiger partial charge in [0.15, 0.2) is 21.3 Å². The van der Waals surface area contributed by atoms with E-state index in [-0.39, 0.29) is 30.0 Å². The quantitative estimate of drug-likeness (QED) is 0.668. The molecule has 1 heterocycles. The molecule has 1 unspecified atom stereocenters. The zero-order valence-electron chi connectivity index (χ0n) is 17.7. The topological polar surface area (TPSA) is 82.1 Å². The first-order valence-electron chi connectivity index (χ1n) is 9.65. The van der Waals surface area contributed by atoms with Gasteiger partial charge in [-0.25, -0.2) is 8.42 Å². The zero-order valence-corrected chi connectivity index (χ0v) is 18.5. The summed E-state index contributed by atoms with van der Waals surface area (Å²) in [7, 11) is 1.42. The molecule has 0 aliphatic carbocycles. The maximum Gasteiger partial charge on any atom is 0.254 e. The standard InChI is InChI=1S/C22H27NO6S/c1-15-6-5-7-17(10-15)22(24)23(18-8-9-30(25,26)14-18)13-16-11-19(27-2)21(29-4)20(12-16)28-3/h5-7,10-12,18H,8-9,13-14H2,1-4H3. The number of methoxy groups -OCH3 is 3. The Morgan fingerprint density at radius 1 is 1.07 bits per heavy atom. The number of amides is 1. The fourth-order valence-corrected chi connectivity index (χ4v) is 5.49. The molecule has 1 aliphatic heterocycles. The van der Waals surface area contributed by atoms with Crippen molar-refractivity contribution >= 4 is 15.7 Å². The predicted octanol–water partition coefficient (Wildman–Crippen LogP) is 2.85. The van der Waals surface area contributed by atoms with Crippen LogP contribution in [0.15, 0.2) is 36.4 Å². The van der Waals surface area contributed by atoms with E-state index >= 15 is 0 Å². The summed E-state index contributed by atoms with van der Waals surface area (Å²) in [6, 6.07) is 10.5. The summed E-state index contributed by atoms with van der Waals surface area (Å²) < 4.78 is 40.4. The molecule has 30 heavy (non-hydrogen) atoms. The fourth-order valence-electron chi connectivity index (χ4n) is 3.76. The normalized spacial score (nSPS) is 17.4. The van der Waals surface area contributed by atoms with Gasteiger partial charge in [0.05, 0.1) is 32.8 Å². The first-order valence-corrected chi connectivity index (χ1v) is 11.5. The Balaban J connectivity index is 2.00. The number of aryl methyl sites for hydroxylation is 1. The van der Waals surface area contributed by atoms with Crippen molar-refractivity contribution < 1.29 is 27.4 Å². The number of hydrogen-bond acceptors (Lipinski definition) is 6. The van der Waals surface area contributed by atoms with E-state index in [1.165, 1.54) is 21.3 Å². The van der Waals surface area contributed by atoms with Gasteiger partial charge in [-0.15, -0.1) is 0 Å². The number of benzene rings is 2. The molecule has 0 saturated carbocycles. The molecule has 1 saturated heterocycles. The predicted molar refractivity (Wildman–Crippen MR) is 114 cm³/mol. The molecule has 162 valence electrons. The third-order valence-corrected chi connectivity index (χ3v) is 7.00. The lowest BCUT2D eigenvalue weighted by atomic mass is 10.1. The minimum Gasteiger partial charge on any atom is -0.493 e. The van der Waals surface area contributed by atoms with E-state index in [0.29, 0.717) is 29.2 Å². The van der Waals surface area contributed by atoms with E-state index in [2.05, 4.69) is 0 Å². The molecular weight excluding hydrogens is 406 g/mol. The summed E-state index contributed by atoms with van der Waals surface area (Å²) in [6.07, 6.45) is 0.421. The Hall–Kier alpha value is -2.74. The van der Waals surface area contributed by atoms with E-state index in [4.69, 9.17) is 14.2 Å². The number of nitrogens with zero attached hydrogens (tertiary/aromatic N) is 1. The van der Waals surface area contributed by atoms with Crippen LogP contribution in [-0.4, -0.2) is 58.1 Å². The van der Waals surface area contributed by atoms with Crippen molar-refractivity contribution in [3.63, 3.8) is 0 Å². The van der Waals surface area contributed by atoms with Crippen molar-refractivity contribution in [2.45, 2.75) is 25.9 Å². The van der Waals surface area contributed by atoms with Gasteiger partial charge in [0.2, 0.25) is 5.75 Å². The minimum atomic E-state index is -3.16. The van der Waals surface area contributed by atoms with Gasteiger partial charge in [-0.05, 0) is 43.2 Å². The molecule has 8 heteroatoms. The van der Waals surface area contributed by atoms with Gasteiger partial charge >= 0.3 is 0 Å². The van der Waals surface area contributed by atoms with Crippen molar-refractivity contribution in [1.29, 1.82) is 0 Å². The van der Waals surface area contributed by atoms with Crippen LogP contribution in [0, 0.1) is 6.92 Å². The second-order valence-electron chi connectivity index (χ2n) is 7.39. The summed E-state index contributed by atoms with van der Waals surface area (Å²) in [4.78, 5) is 15.0. The van der Waals surface area contributed by atoms with Crippen LogP contribution >= 0.6 is 0 Å². The Kier molecular flexibility index (Phi) is 6.55. The third-order valence-electron chi connectivity index (χ3n) is 5.25. The number of sulfone groups is 1. The molecule has 1 amide bonds. The Morgan fingerprint density at radius 3 is 2.23 bits per heavy atom. The van der Waals surface area contributed by atoms with Crippen molar-refractivity contribution in [3.05, 3.63) is 53.1 Å². The van der Waals surface area contributed by atoms with Crippen molar-refractivity contribution in [1.82, 2.24) is 4.90 Å². The Bertz CT molecular complexity index is 1010. The van der Waals surface area contributed by atoms with Gasteiger partial charge in [-0.1, -0.05) is 17.7 Å². The highest BCUT2D eigenvalue weighted by atomic mass is 32.2. The second-order valence-corrected chi connectivity index (χ2v) is 9.62. The van der Waals surface area contributed by atoms with Crippen LogP contribution in [0.1, 0.15) is 27.9 Å². The van der Waals surface area contributed by atoms with Crippen LogP contribution in [0.4, 0.5) is 0 Å². The number of ether oxygens (including phenoxy) is 3. The van der Waals surface area contributed by atoms with E-state index in [9.17, 15) is 13.2 Å². The first-order chi connectivity index (χ1) is 14.3. The highest BCUT2D eigenvalue weighted by Crippen LogP contribution is 2.39. The van der Waals surface area contributed by atoms with Gasteiger partial charge < -0.3 is 19.1 Å². The summed E-state index contributed by atoms with van der Waals surface area (Å²) in [5, 5.41) is 0. The highest BCUT2D eigenvalue weighted by Gasteiger charge is 2.35. The van der Waals surface area contributed by atoms with Crippen LogP contribution in [0.3, 0.4) is 0 Å². The van der Waals surface area contributed by atoms with Crippen molar-refractivity contribution in [2.75, 3.05) is 32.8 Å². The smallest absolute Gasteiger partial charge is 0.254 e. The van der Waals surface area contributed by atoms with Gasteiger partial charge in [0.25, 0.3) is 5.91 Å². The molecule has 1 atom stereocenters. The summed E-state index contributed by atoms with van der Waals surface area (Å²) in [6.45, 7) is 2.14. The van der Waals surface area contributed by atoms with Crippen molar-refractivity contribution in [3.8, 4) is 17.2 Å². The summed E-state index contributed by atoms with van der Waals surface area (Å²) in [5.74, 6) is 1.28. The van der Waals surface area contributed by atoms with Gasteiger partial charge in [-0.2, -0.15) is 0 Å². The van der Waals surface area contributed by atoms with E-state index in [1.807, 2.05) is 25.1 Å². The first kappa shape index (κ1) is 22.0. The third kappa shape index (κ3) is 4.70. The molecule has 0 N–H and O–H groups in total. The average Bonchev–Trinajstić information content (AvgIpc) is 3.09. The largest absolute Gasteiger partial charge is 0.493 e. The molecule has 1 aliphatic rings. The molecule has 7 nitrogen and oxygen atoms in total. The van der Waals surface area contributed by atoms with Crippen LogP contribution in [0.5, 0.6) is 17.2 Å². The van der Waals surface area contributed by atoms with Crippen LogP contribution in [0.25, 0.3) is 0 Å². The Labute approximate surface area is 177 Å². The number of carbonyl (C=O) groups is 1. The molecule has 0 radical (unpaired) electrons. The van der Waals surface area contributed by atoms with Gasteiger partial charge in [0, 0.05) is 18.2 Å². The molecular formula is C22H27NO6S. The summed E-state index contributed by atoms with van der Waals surface area (Å²) >= 11 is 0. The molecule has 1 fully saturated rings. The van der Waals surface area contributed by atoms with E-state index < -0.39 is 9.84 Å². The van der Waals surface area contributed by atoms with Crippen molar-refractivity contribution in [2.24, 2.45) is 0 Å². The lowest BCUT2D eigenvalue weighted by Gasteiger charge is -2.29. The molecule has 0 spiro atoms. The molecule has 0 bridgehead atoms. The lowest BCUT2D eigenvalue weighted by Crippen LogP contribution is -2.40. The van der Waals surface area contributed by atoms with Crippen LogP contribution in [-0.2, 0) is 16.4 Å². The number of carbonyl (C=O) groups excluding carboxylic acids is 1. The SMILES string of the molecule is COc1cc(CN(C(=O)c2cccc(C)c2)C2CCS(=O)(=O)C2)cc(OC)c1OC. The van der Waals surface area contributed by atoms with E-state index in [1.54, 1.807) is 23.1 Å². The molecule has 2 aromatic rings. The maximum absolute atomic E-state index is 13.4. The minimum absolute atomic E-state index is 0.0328. The maximum atomic E-state index is 13.4. The lowest BCUT2D eigenvalue weighted by molar-refractivity contribution is 0.0680. The molecule has 2 aromatic carbocycles. The average molecular weight is 434 g/mol. The monoisotopic (exact) mass is 433 g/mol. The van der Waals surface area contributed by atoms with Crippen LogP contribution in [0.2, 0.25) is 0 Å². The van der Waals surface area contributed by atoms with Gasteiger partial charge in [0.1, 0.15) is 0 Å². The summed E-state index contributed by atoms with van der Waals surface area (Å²) in [5.41, 5.74) is 2.26.